The van der Waals surface area contributed by atoms with E-state index in [0.29, 0.717) is 0 Å². The Labute approximate surface area is 122 Å². The zero-order chi connectivity index (χ0) is 16.4. The fraction of sp³-hybridized carbons (Fsp3) is 0.667. The van der Waals surface area contributed by atoms with Gasteiger partial charge in [-0.1, -0.05) is 0 Å². The van der Waals surface area contributed by atoms with Crippen LogP contribution in [0.1, 0.15) is 19.3 Å². The number of carboxylic acids is 1. The van der Waals surface area contributed by atoms with Gasteiger partial charge in [0.1, 0.15) is 6.04 Å². The number of ether oxygens (including phenoxy) is 1. The number of carbonyl (C=O) groups excluding carboxylic acids is 3. The first-order chi connectivity index (χ1) is 9.77. The van der Waals surface area contributed by atoms with Crippen molar-refractivity contribution in [3.8, 4) is 0 Å². The highest BCUT2D eigenvalue weighted by Gasteiger charge is 2.21. The summed E-state index contributed by atoms with van der Waals surface area (Å²) in [6.45, 7) is 0.0895. The largest absolute Gasteiger partial charge is 0.480 e. The van der Waals surface area contributed by atoms with Crippen LogP contribution in [-0.4, -0.2) is 67.7 Å². The number of carbonyl (C=O) groups is 4. The van der Waals surface area contributed by atoms with Crippen molar-refractivity contribution in [3.05, 3.63) is 0 Å². The normalized spacial score (nSPS) is 11.2. The number of aliphatic carboxylic acids is 1. The molecule has 0 fully saturated rings. The molecule has 0 bridgehead atoms. The van der Waals surface area contributed by atoms with Crippen LogP contribution >= 0.6 is 0 Å². The van der Waals surface area contributed by atoms with Crippen molar-refractivity contribution in [1.82, 2.24) is 15.5 Å². The van der Waals surface area contributed by atoms with E-state index in [4.69, 9.17) is 5.11 Å². The second kappa shape index (κ2) is 9.56. The standard InChI is InChI=1S/C12H21N3O6/c1-15(2)9(16)6-7-13-12(20)14-8(11(18)19)4-5-10(17)21-3/h8H,4-7H2,1-3H3,(H,18,19)(H2,13,14,20)/t8-/m0/s1. The van der Waals surface area contributed by atoms with Gasteiger partial charge in [-0.15, -0.1) is 0 Å². The summed E-state index contributed by atoms with van der Waals surface area (Å²) in [7, 11) is 4.38. The Morgan fingerprint density at radius 1 is 1.19 bits per heavy atom. The summed E-state index contributed by atoms with van der Waals surface area (Å²) in [6.07, 6.45) is -0.0841. The van der Waals surface area contributed by atoms with E-state index in [1.807, 2.05) is 0 Å². The zero-order valence-electron chi connectivity index (χ0n) is 12.3. The molecular formula is C12H21N3O6. The molecule has 0 saturated carbocycles. The lowest BCUT2D eigenvalue weighted by molar-refractivity contribution is -0.142. The molecule has 0 spiro atoms. The minimum absolute atomic E-state index is 0.0773. The maximum Gasteiger partial charge on any atom is 0.326 e. The molecule has 0 aromatic carbocycles. The number of methoxy groups -OCH3 is 1. The molecule has 0 heterocycles. The summed E-state index contributed by atoms with van der Waals surface area (Å²) < 4.78 is 4.40. The van der Waals surface area contributed by atoms with Crippen LogP contribution in [0.5, 0.6) is 0 Å². The van der Waals surface area contributed by atoms with Gasteiger partial charge in [0, 0.05) is 33.5 Å². The van der Waals surface area contributed by atoms with Crippen LogP contribution in [0.15, 0.2) is 0 Å². The van der Waals surface area contributed by atoms with E-state index in [1.54, 1.807) is 14.1 Å². The summed E-state index contributed by atoms with van der Waals surface area (Å²) in [5, 5.41) is 13.5. The highest BCUT2D eigenvalue weighted by Crippen LogP contribution is 1.99. The smallest absolute Gasteiger partial charge is 0.326 e. The maximum absolute atomic E-state index is 11.5. The van der Waals surface area contributed by atoms with Crippen molar-refractivity contribution in [1.29, 1.82) is 0 Å². The molecule has 0 aromatic rings. The summed E-state index contributed by atoms with van der Waals surface area (Å²) >= 11 is 0. The molecule has 0 aromatic heterocycles. The summed E-state index contributed by atoms with van der Waals surface area (Å²) in [6, 6.07) is -1.91. The lowest BCUT2D eigenvalue weighted by atomic mass is 10.1. The van der Waals surface area contributed by atoms with E-state index in [1.165, 1.54) is 12.0 Å². The molecule has 0 unspecified atom stereocenters. The number of rotatable bonds is 8. The van der Waals surface area contributed by atoms with Crippen molar-refractivity contribution >= 4 is 23.9 Å². The number of hydrogen-bond acceptors (Lipinski definition) is 5. The van der Waals surface area contributed by atoms with E-state index in [-0.39, 0.29) is 31.7 Å². The predicted octanol–water partition coefficient (Wildman–Crippen LogP) is -0.830. The van der Waals surface area contributed by atoms with Crippen molar-refractivity contribution in [2.24, 2.45) is 0 Å². The monoisotopic (exact) mass is 303 g/mol. The first kappa shape index (κ1) is 18.7. The Hall–Kier alpha value is -2.32. The molecule has 9 heteroatoms. The van der Waals surface area contributed by atoms with Gasteiger partial charge in [0.15, 0.2) is 0 Å². The fourth-order valence-corrected chi connectivity index (χ4v) is 1.34. The van der Waals surface area contributed by atoms with Crippen LogP contribution in [-0.2, 0) is 19.1 Å². The molecule has 0 aliphatic rings. The average Bonchev–Trinajstić information content (AvgIpc) is 2.42. The quantitative estimate of drug-likeness (QED) is 0.503. The number of hydrogen-bond donors (Lipinski definition) is 3. The van der Waals surface area contributed by atoms with Crippen LogP contribution in [0, 0.1) is 0 Å². The molecule has 3 N–H and O–H groups in total. The fourth-order valence-electron chi connectivity index (χ4n) is 1.34. The molecule has 1 atom stereocenters. The number of urea groups is 1. The number of nitrogens with zero attached hydrogens (tertiary/aromatic N) is 1. The van der Waals surface area contributed by atoms with E-state index in [2.05, 4.69) is 15.4 Å². The second-order valence-corrected chi connectivity index (χ2v) is 4.44. The molecule has 0 rings (SSSR count). The van der Waals surface area contributed by atoms with Crippen molar-refractivity contribution in [3.63, 3.8) is 0 Å². The third-order valence-electron chi connectivity index (χ3n) is 2.59. The van der Waals surface area contributed by atoms with Crippen LogP contribution in [0.2, 0.25) is 0 Å². The van der Waals surface area contributed by atoms with E-state index >= 15 is 0 Å². The molecule has 3 amide bonds. The number of esters is 1. The average molecular weight is 303 g/mol. The lowest BCUT2D eigenvalue weighted by Crippen LogP contribution is -2.46. The molecule has 0 aliphatic carbocycles. The molecule has 120 valence electrons. The van der Waals surface area contributed by atoms with Gasteiger partial charge in [-0.05, 0) is 6.42 Å². The Morgan fingerprint density at radius 2 is 1.81 bits per heavy atom. The Bertz CT molecular complexity index is 396. The van der Waals surface area contributed by atoms with E-state index in [0.717, 1.165) is 0 Å². The van der Waals surface area contributed by atoms with E-state index in [9.17, 15) is 19.2 Å². The van der Waals surface area contributed by atoms with Gasteiger partial charge >= 0.3 is 18.0 Å². The molecule has 0 aliphatic heterocycles. The van der Waals surface area contributed by atoms with Gasteiger partial charge in [0.05, 0.1) is 7.11 Å². The van der Waals surface area contributed by atoms with Gasteiger partial charge in [0.2, 0.25) is 5.91 Å². The van der Waals surface area contributed by atoms with Gasteiger partial charge in [-0.2, -0.15) is 0 Å². The van der Waals surface area contributed by atoms with Gasteiger partial charge in [-0.3, -0.25) is 9.59 Å². The minimum atomic E-state index is -1.25. The van der Waals surface area contributed by atoms with Crippen LogP contribution in [0.25, 0.3) is 0 Å². The third-order valence-corrected chi connectivity index (χ3v) is 2.59. The van der Waals surface area contributed by atoms with Gasteiger partial charge in [-0.25, -0.2) is 9.59 Å². The van der Waals surface area contributed by atoms with Crippen molar-refractivity contribution in [2.45, 2.75) is 25.3 Å². The molecule has 9 nitrogen and oxygen atoms in total. The highest BCUT2D eigenvalue weighted by molar-refractivity contribution is 5.83. The predicted molar refractivity (Wildman–Crippen MR) is 72.5 cm³/mol. The summed E-state index contributed by atoms with van der Waals surface area (Å²) in [5.74, 6) is -1.96. The Kier molecular flexibility index (Phi) is 8.51. The third kappa shape index (κ3) is 8.45. The van der Waals surface area contributed by atoms with Gasteiger partial charge in [0.25, 0.3) is 0 Å². The maximum atomic E-state index is 11.5. The first-order valence-electron chi connectivity index (χ1n) is 6.32. The number of amides is 3. The first-order valence-corrected chi connectivity index (χ1v) is 6.32. The highest BCUT2D eigenvalue weighted by atomic mass is 16.5. The van der Waals surface area contributed by atoms with Gasteiger partial charge < -0.3 is 25.4 Å². The summed E-state index contributed by atoms with van der Waals surface area (Å²) in [4.78, 5) is 46.1. The van der Waals surface area contributed by atoms with Crippen LogP contribution in [0.3, 0.4) is 0 Å². The summed E-state index contributed by atoms with van der Waals surface area (Å²) in [5.41, 5.74) is 0. The molecular weight excluding hydrogens is 282 g/mol. The Balaban J connectivity index is 4.15. The zero-order valence-corrected chi connectivity index (χ0v) is 12.3. The lowest BCUT2D eigenvalue weighted by Gasteiger charge is -2.15. The van der Waals surface area contributed by atoms with E-state index < -0.39 is 24.0 Å². The number of nitrogens with one attached hydrogen (secondary N) is 2. The van der Waals surface area contributed by atoms with Crippen LogP contribution < -0.4 is 10.6 Å². The molecule has 0 radical (unpaired) electrons. The van der Waals surface area contributed by atoms with Crippen LogP contribution in [0.4, 0.5) is 4.79 Å². The van der Waals surface area contributed by atoms with Crippen molar-refractivity contribution in [2.75, 3.05) is 27.7 Å². The van der Waals surface area contributed by atoms with Crippen molar-refractivity contribution < 1.29 is 29.0 Å². The second-order valence-electron chi connectivity index (χ2n) is 4.44. The molecule has 0 saturated heterocycles. The SMILES string of the molecule is COC(=O)CC[C@H](NC(=O)NCCC(=O)N(C)C)C(=O)O. The topological polar surface area (TPSA) is 125 Å². The minimum Gasteiger partial charge on any atom is -0.480 e. The molecule has 21 heavy (non-hydrogen) atoms. The number of carboxylic acid groups (broad SMARTS) is 1. The Morgan fingerprint density at radius 3 is 2.29 bits per heavy atom.